The fourth-order valence-corrected chi connectivity index (χ4v) is 3.91. The summed E-state index contributed by atoms with van der Waals surface area (Å²) in [6, 6.07) is 21.6. The zero-order chi connectivity index (χ0) is 14.1. The Morgan fingerprint density at radius 2 is 1.00 bits per heavy atom. The lowest BCUT2D eigenvalue weighted by Crippen LogP contribution is -2.71. The topological polar surface area (TPSA) is 6.48 Å². The summed E-state index contributed by atoms with van der Waals surface area (Å²) < 4.78 is 0. The SMILES string of the molecule is c1ccc(CN2CC3(C2)CN(Cc2ccccc2)C3)cc1. The van der Waals surface area contributed by atoms with E-state index < -0.39 is 0 Å². The van der Waals surface area contributed by atoms with Crippen LogP contribution in [0.2, 0.25) is 0 Å². The van der Waals surface area contributed by atoms with Crippen molar-refractivity contribution in [3.8, 4) is 0 Å². The normalized spacial score (nSPS) is 21.0. The van der Waals surface area contributed by atoms with Crippen LogP contribution in [0, 0.1) is 5.41 Å². The fraction of sp³-hybridized carbons (Fsp3) is 0.368. The first-order valence-corrected chi connectivity index (χ1v) is 7.84. The minimum atomic E-state index is 0.601. The number of benzene rings is 2. The zero-order valence-electron chi connectivity index (χ0n) is 12.4. The molecule has 4 rings (SSSR count). The third-order valence-corrected chi connectivity index (χ3v) is 4.73. The van der Waals surface area contributed by atoms with Gasteiger partial charge in [-0.25, -0.2) is 0 Å². The molecule has 0 saturated carbocycles. The van der Waals surface area contributed by atoms with Crippen LogP contribution in [0.5, 0.6) is 0 Å². The van der Waals surface area contributed by atoms with Crippen LogP contribution in [0.4, 0.5) is 0 Å². The van der Waals surface area contributed by atoms with Crippen molar-refractivity contribution in [2.45, 2.75) is 13.1 Å². The Balaban J connectivity index is 1.24. The van der Waals surface area contributed by atoms with Gasteiger partial charge >= 0.3 is 0 Å². The lowest BCUT2D eigenvalue weighted by molar-refractivity contribution is -0.121. The molecule has 108 valence electrons. The van der Waals surface area contributed by atoms with Crippen LogP contribution in [-0.4, -0.2) is 36.0 Å². The molecule has 0 amide bonds. The van der Waals surface area contributed by atoms with E-state index in [9.17, 15) is 0 Å². The van der Waals surface area contributed by atoms with Gasteiger partial charge in [-0.1, -0.05) is 60.7 Å². The van der Waals surface area contributed by atoms with Crippen molar-refractivity contribution >= 4 is 0 Å². The maximum Gasteiger partial charge on any atom is 0.0234 e. The summed E-state index contributed by atoms with van der Waals surface area (Å²) in [4.78, 5) is 5.16. The average Bonchev–Trinajstić information content (AvgIpc) is 2.45. The predicted octanol–water partition coefficient (Wildman–Crippen LogP) is 3.00. The molecule has 0 unspecified atom stereocenters. The third kappa shape index (κ3) is 2.74. The van der Waals surface area contributed by atoms with Crippen molar-refractivity contribution in [2.24, 2.45) is 5.41 Å². The summed E-state index contributed by atoms with van der Waals surface area (Å²) in [6.07, 6.45) is 0. The minimum absolute atomic E-state index is 0.601. The van der Waals surface area contributed by atoms with E-state index in [1.165, 1.54) is 37.3 Å². The second kappa shape index (κ2) is 5.28. The molecule has 0 radical (unpaired) electrons. The van der Waals surface area contributed by atoms with E-state index in [1.54, 1.807) is 0 Å². The van der Waals surface area contributed by atoms with E-state index in [-0.39, 0.29) is 0 Å². The van der Waals surface area contributed by atoms with Crippen LogP contribution in [0.25, 0.3) is 0 Å². The van der Waals surface area contributed by atoms with Crippen LogP contribution >= 0.6 is 0 Å². The molecule has 0 aliphatic carbocycles. The lowest BCUT2D eigenvalue weighted by Gasteiger charge is -2.60. The molecule has 0 aromatic heterocycles. The molecule has 0 atom stereocenters. The summed E-state index contributed by atoms with van der Waals surface area (Å²) in [5, 5.41) is 0. The van der Waals surface area contributed by atoms with Crippen molar-refractivity contribution in [2.75, 3.05) is 26.2 Å². The van der Waals surface area contributed by atoms with Gasteiger partial charge in [0.05, 0.1) is 0 Å². The van der Waals surface area contributed by atoms with Gasteiger partial charge in [0.15, 0.2) is 0 Å². The summed E-state index contributed by atoms with van der Waals surface area (Å²) >= 11 is 0. The third-order valence-electron chi connectivity index (χ3n) is 4.73. The summed E-state index contributed by atoms with van der Waals surface area (Å²) in [5.74, 6) is 0. The quantitative estimate of drug-likeness (QED) is 0.848. The van der Waals surface area contributed by atoms with Crippen LogP contribution < -0.4 is 0 Å². The van der Waals surface area contributed by atoms with Crippen LogP contribution in [-0.2, 0) is 13.1 Å². The molecule has 0 bridgehead atoms. The van der Waals surface area contributed by atoms with Crippen molar-refractivity contribution in [3.05, 3.63) is 71.8 Å². The Kier molecular flexibility index (Phi) is 3.28. The maximum atomic E-state index is 2.58. The smallest absolute Gasteiger partial charge is 0.0234 e. The molecule has 1 spiro atoms. The maximum absolute atomic E-state index is 2.58. The van der Waals surface area contributed by atoms with Crippen LogP contribution in [0.15, 0.2) is 60.7 Å². The van der Waals surface area contributed by atoms with Gasteiger partial charge in [0.2, 0.25) is 0 Å². The molecule has 0 N–H and O–H groups in total. The van der Waals surface area contributed by atoms with Gasteiger partial charge in [-0.05, 0) is 11.1 Å². The Morgan fingerprint density at radius 3 is 1.38 bits per heavy atom. The van der Waals surface area contributed by atoms with E-state index in [1.807, 2.05) is 0 Å². The van der Waals surface area contributed by atoms with Gasteiger partial charge in [0.25, 0.3) is 0 Å². The fourth-order valence-electron chi connectivity index (χ4n) is 3.91. The van der Waals surface area contributed by atoms with Crippen molar-refractivity contribution < 1.29 is 0 Å². The Bertz CT molecular complexity index is 522. The van der Waals surface area contributed by atoms with Crippen molar-refractivity contribution in [1.29, 1.82) is 0 Å². The molecular formula is C19H22N2. The largest absolute Gasteiger partial charge is 0.298 e. The summed E-state index contributed by atoms with van der Waals surface area (Å²) in [5.41, 5.74) is 3.48. The molecule has 2 aromatic carbocycles. The second-order valence-corrected chi connectivity index (χ2v) is 6.76. The molecule has 2 nitrogen and oxygen atoms in total. The average molecular weight is 278 g/mol. The number of likely N-dealkylation sites (tertiary alicyclic amines) is 2. The highest BCUT2D eigenvalue weighted by atomic mass is 15.3. The number of hydrogen-bond donors (Lipinski definition) is 0. The molecular weight excluding hydrogens is 256 g/mol. The highest BCUT2D eigenvalue weighted by Crippen LogP contribution is 2.40. The molecule has 21 heavy (non-hydrogen) atoms. The zero-order valence-corrected chi connectivity index (χ0v) is 12.4. The Hall–Kier alpha value is -1.64. The monoisotopic (exact) mass is 278 g/mol. The van der Waals surface area contributed by atoms with Gasteiger partial charge in [0.1, 0.15) is 0 Å². The van der Waals surface area contributed by atoms with Gasteiger partial charge in [-0.2, -0.15) is 0 Å². The van der Waals surface area contributed by atoms with Gasteiger partial charge in [-0.3, -0.25) is 9.80 Å². The van der Waals surface area contributed by atoms with E-state index in [4.69, 9.17) is 0 Å². The summed E-state index contributed by atoms with van der Waals surface area (Å²) in [6.45, 7) is 7.31. The first-order chi connectivity index (χ1) is 10.3. The number of rotatable bonds is 4. The summed E-state index contributed by atoms with van der Waals surface area (Å²) in [7, 11) is 0. The highest BCUT2D eigenvalue weighted by Gasteiger charge is 2.50. The highest BCUT2D eigenvalue weighted by molar-refractivity contribution is 5.18. The molecule has 2 aliphatic rings. The van der Waals surface area contributed by atoms with Gasteiger partial charge in [0, 0.05) is 44.7 Å². The Morgan fingerprint density at radius 1 is 0.619 bits per heavy atom. The van der Waals surface area contributed by atoms with E-state index in [0.717, 1.165) is 13.1 Å². The number of hydrogen-bond acceptors (Lipinski definition) is 2. The lowest BCUT2D eigenvalue weighted by atomic mass is 9.72. The minimum Gasteiger partial charge on any atom is -0.298 e. The van der Waals surface area contributed by atoms with Gasteiger partial charge in [-0.15, -0.1) is 0 Å². The van der Waals surface area contributed by atoms with Crippen LogP contribution in [0.1, 0.15) is 11.1 Å². The van der Waals surface area contributed by atoms with Crippen molar-refractivity contribution in [3.63, 3.8) is 0 Å². The molecule has 2 aromatic rings. The van der Waals surface area contributed by atoms with Crippen molar-refractivity contribution in [1.82, 2.24) is 9.80 Å². The molecule has 2 heterocycles. The van der Waals surface area contributed by atoms with E-state index in [0.29, 0.717) is 5.41 Å². The molecule has 2 aliphatic heterocycles. The predicted molar refractivity (Wildman–Crippen MR) is 85.9 cm³/mol. The second-order valence-electron chi connectivity index (χ2n) is 6.76. The molecule has 2 fully saturated rings. The molecule has 2 saturated heterocycles. The van der Waals surface area contributed by atoms with Crippen LogP contribution in [0.3, 0.4) is 0 Å². The molecule has 2 heteroatoms. The first-order valence-electron chi connectivity index (χ1n) is 7.84. The van der Waals surface area contributed by atoms with E-state index in [2.05, 4.69) is 70.5 Å². The first kappa shape index (κ1) is 13.1. The Labute approximate surface area is 127 Å². The van der Waals surface area contributed by atoms with Gasteiger partial charge < -0.3 is 0 Å². The standard InChI is InChI=1S/C19H22N2/c1-3-7-17(8-4-1)11-20-13-19(14-20)15-21(16-19)12-18-9-5-2-6-10-18/h1-10H,11-16H2. The number of nitrogens with zero attached hydrogens (tertiary/aromatic N) is 2. The van der Waals surface area contributed by atoms with E-state index >= 15 is 0 Å².